The Morgan fingerprint density at radius 2 is 1.93 bits per heavy atom. The number of nitrogens with one attached hydrogen (secondary N) is 2. The number of hydrogen-bond donors (Lipinski definition) is 2. The Kier molecular flexibility index (Phi) is 5.43. The lowest BCUT2D eigenvalue weighted by atomic mass is 9.89. The van der Waals surface area contributed by atoms with Gasteiger partial charge < -0.3 is 10.6 Å². The molecule has 6 nitrogen and oxygen atoms in total. The van der Waals surface area contributed by atoms with Crippen LogP contribution >= 0.6 is 0 Å². The van der Waals surface area contributed by atoms with E-state index in [1.807, 2.05) is 0 Å². The van der Waals surface area contributed by atoms with Gasteiger partial charge in [-0.2, -0.15) is 0 Å². The molecular formula is C19H23F2N3O3. The largest absolute Gasteiger partial charge is 0.354 e. The summed E-state index contributed by atoms with van der Waals surface area (Å²) in [5.74, 6) is -2.82. The van der Waals surface area contributed by atoms with Crippen LogP contribution in [0.3, 0.4) is 0 Å². The first-order valence-corrected chi connectivity index (χ1v) is 9.17. The summed E-state index contributed by atoms with van der Waals surface area (Å²) in [6, 6.07) is 2.28. The molecule has 2 aliphatic rings. The molecule has 2 fully saturated rings. The van der Waals surface area contributed by atoms with Crippen LogP contribution in [-0.4, -0.2) is 35.8 Å². The van der Waals surface area contributed by atoms with Crippen LogP contribution in [0, 0.1) is 17.6 Å². The summed E-state index contributed by atoms with van der Waals surface area (Å²) in [5.41, 5.74) is -1.43. The molecule has 27 heavy (non-hydrogen) atoms. The molecule has 2 N–H and O–H groups in total. The lowest BCUT2D eigenvalue weighted by Crippen LogP contribution is -2.44. The van der Waals surface area contributed by atoms with Crippen molar-refractivity contribution in [3.63, 3.8) is 0 Å². The Labute approximate surface area is 156 Å². The molecule has 1 aliphatic carbocycles. The average molecular weight is 379 g/mol. The quantitative estimate of drug-likeness (QED) is 0.772. The Morgan fingerprint density at radius 3 is 2.59 bits per heavy atom. The molecule has 0 spiro atoms. The summed E-state index contributed by atoms with van der Waals surface area (Å²) < 4.78 is 26.7. The minimum atomic E-state index is -1.55. The second-order valence-electron chi connectivity index (χ2n) is 7.38. The lowest BCUT2D eigenvalue weighted by Gasteiger charge is -2.23. The summed E-state index contributed by atoms with van der Waals surface area (Å²) in [4.78, 5) is 37.9. The number of amides is 4. The first-order valence-electron chi connectivity index (χ1n) is 9.17. The molecule has 1 aliphatic heterocycles. The minimum Gasteiger partial charge on any atom is -0.354 e. The van der Waals surface area contributed by atoms with E-state index in [0.717, 1.165) is 42.7 Å². The highest BCUT2D eigenvalue weighted by Crippen LogP contribution is 2.29. The molecule has 1 atom stereocenters. The summed E-state index contributed by atoms with van der Waals surface area (Å²) >= 11 is 0. The molecule has 1 unspecified atom stereocenters. The monoisotopic (exact) mass is 379 g/mol. The predicted octanol–water partition coefficient (Wildman–Crippen LogP) is 2.43. The van der Waals surface area contributed by atoms with Gasteiger partial charge in [-0.05, 0) is 43.4 Å². The lowest BCUT2D eigenvalue weighted by molar-refractivity contribution is -0.134. The SMILES string of the molecule is CC1(c2ccc(F)c(F)c2)NC(=O)N(CC(=O)NCC2CCCCC2)C1=O. The van der Waals surface area contributed by atoms with E-state index in [1.165, 1.54) is 19.4 Å². The number of hydrogen-bond acceptors (Lipinski definition) is 3. The molecule has 1 saturated heterocycles. The number of carbonyl (C=O) groups is 3. The van der Waals surface area contributed by atoms with Crippen LogP contribution in [-0.2, 0) is 15.1 Å². The molecule has 1 aromatic rings. The molecule has 0 aromatic heterocycles. The molecule has 1 heterocycles. The topological polar surface area (TPSA) is 78.5 Å². The second kappa shape index (κ2) is 7.62. The number of carbonyl (C=O) groups excluding carboxylic acids is 3. The van der Waals surface area contributed by atoms with Gasteiger partial charge >= 0.3 is 6.03 Å². The summed E-state index contributed by atoms with van der Waals surface area (Å²) in [6.07, 6.45) is 5.66. The van der Waals surface area contributed by atoms with Gasteiger partial charge in [-0.15, -0.1) is 0 Å². The van der Waals surface area contributed by atoms with E-state index in [4.69, 9.17) is 0 Å². The Morgan fingerprint density at radius 1 is 1.22 bits per heavy atom. The fourth-order valence-electron chi connectivity index (χ4n) is 3.69. The van der Waals surface area contributed by atoms with Crippen molar-refractivity contribution in [2.24, 2.45) is 5.92 Å². The summed E-state index contributed by atoms with van der Waals surface area (Å²) in [5, 5.41) is 5.25. The maximum atomic E-state index is 13.5. The van der Waals surface area contributed by atoms with Gasteiger partial charge in [-0.25, -0.2) is 13.6 Å². The molecule has 1 aromatic carbocycles. The van der Waals surface area contributed by atoms with E-state index in [2.05, 4.69) is 10.6 Å². The normalized spacial score (nSPS) is 23.4. The zero-order valence-corrected chi connectivity index (χ0v) is 15.2. The third-order valence-corrected chi connectivity index (χ3v) is 5.39. The molecule has 0 radical (unpaired) electrons. The van der Waals surface area contributed by atoms with Crippen molar-refractivity contribution in [1.82, 2.24) is 15.5 Å². The van der Waals surface area contributed by atoms with Crippen molar-refractivity contribution in [2.45, 2.75) is 44.6 Å². The minimum absolute atomic E-state index is 0.116. The number of halogens is 2. The third-order valence-electron chi connectivity index (χ3n) is 5.39. The van der Waals surface area contributed by atoms with Gasteiger partial charge in [0.15, 0.2) is 11.6 Å². The number of rotatable bonds is 5. The highest BCUT2D eigenvalue weighted by molar-refractivity contribution is 6.09. The van der Waals surface area contributed by atoms with Gasteiger partial charge in [0.25, 0.3) is 5.91 Å². The molecule has 0 bridgehead atoms. The molecule has 3 rings (SSSR count). The van der Waals surface area contributed by atoms with Crippen LogP contribution < -0.4 is 10.6 Å². The van der Waals surface area contributed by atoms with Crippen molar-refractivity contribution in [3.8, 4) is 0 Å². The zero-order chi connectivity index (χ0) is 19.6. The van der Waals surface area contributed by atoms with Gasteiger partial charge in [0.1, 0.15) is 12.1 Å². The van der Waals surface area contributed by atoms with E-state index in [1.54, 1.807) is 0 Å². The van der Waals surface area contributed by atoms with E-state index in [9.17, 15) is 23.2 Å². The first-order chi connectivity index (χ1) is 12.8. The van der Waals surface area contributed by atoms with Crippen molar-refractivity contribution < 1.29 is 23.2 Å². The van der Waals surface area contributed by atoms with E-state index >= 15 is 0 Å². The van der Waals surface area contributed by atoms with Crippen LogP contribution in [0.1, 0.15) is 44.6 Å². The third kappa shape index (κ3) is 3.94. The summed E-state index contributed by atoms with van der Waals surface area (Å²) in [7, 11) is 0. The Hall–Kier alpha value is -2.51. The molecule has 4 amide bonds. The summed E-state index contributed by atoms with van der Waals surface area (Å²) in [6.45, 7) is 1.53. The van der Waals surface area contributed by atoms with E-state index in [-0.39, 0.29) is 5.56 Å². The fourth-order valence-corrected chi connectivity index (χ4v) is 3.69. The van der Waals surface area contributed by atoms with Gasteiger partial charge in [0, 0.05) is 6.54 Å². The van der Waals surface area contributed by atoms with Gasteiger partial charge in [-0.1, -0.05) is 25.3 Å². The van der Waals surface area contributed by atoms with Crippen LogP contribution in [0.15, 0.2) is 18.2 Å². The van der Waals surface area contributed by atoms with Crippen LogP contribution in [0.25, 0.3) is 0 Å². The van der Waals surface area contributed by atoms with Crippen molar-refractivity contribution in [3.05, 3.63) is 35.4 Å². The molecular weight excluding hydrogens is 356 g/mol. The first kappa shape index (κ1) is 19.3. The fraction of sp³-hybridized carbons (Fsp3) is 0.526. The standard InChI is InChI=1S/C19H23F2N3O3/c1-19(13-7-8-14(20)15(21)9-13)17(26)24(18(27)23-19)11-16(25)22-10-12-5-3-2-4-6-12/h7-9,12H,2-6,10-11H2,1H3,(H,22,25)(H,23,27). The maximum Gasteiger partial charge on any atom is 0.325 e. The average Bonchev–Trinajstić information content (AvgIpc) is 2.87. The van der Waals surface area contributed by atoms with Crippen LogP contribution in [0.5, 0.6) is 0 Å². The predicted molar refractivity (Wildman–Crippen MR) is 93.5 cm³/mol. The number of imide groups is 1. The highest BCUT2D eigenvalue weighted by Gasteiger charge is 2.49. The van der Waals surface area contributed by atoms with Crippen molar-refractivity contribution in [1.29, 1.82) is 0 Å². The smallest absolute Gasteiger partial charge is 0.325 e. The number of nitrogens with zero attached hydrogens (tertiary/aromatic N) is 1. The Bertz CT molecular complexity index is 765. The molecule has 1 saturated carbocycles. The molecule has 8 heteroatoms. The molecule has 146 valence electrons. The van der Waals surface area contributed by atoms with Crippen LogP contribution in [0.2, 0.25) is 0 Å². The van der Waals surface area contributed by atoms with Gasteiger partial charge in [0.05, 0.1) is 0 Å². The number of urea groups is 1. The van der Waals surface area contributed by atoms with E-state index in [0.29, 0.717) is 12.5 Å². The number of benzene rings is 1. The van der Waals surface area contributed by atoms with Gasteiger partial charge in [-0.3, -0.25) is 14.5 Å². The van der Waals surface area contributed by atoms with E-state index < -0.39 is 41.6 Å². The van der Waals surface area contributed by atoms with Crippen LogP contribution in [0.4, 0.5) is 13.6 Å². The van der Waals surface area contributed by atoms with Gasteiger partial charge in [0.2, 0.25) is 5.91 Å². The van der Waals surface area contributed by atoms with Crippen molar-refractivity contribution >= 4 is 17.8 Å². The zero-order valence-electron chi connectivity index (χ0n) is 15.2. The Balaban J connectivity index is 1.64. The highest BCUT2D eigenvalue weighted by atomic mass is 19.2. The maximum absolute atomic E-state index is 13.5. The van der Waals surface area contributed by atoms with Crippen molar-refractivity contribution in [2.75, 3.05) is 13.1 Å². The second-order valence-corrected chi connectivity index (χ2v) is 7.38.